The van der Waals surface area contributed by atoms with Crippen molar-refractivity contribution in [1.82, 2.24) is 5.32 Å². The van der Waals surface area contributed by atoms with Crippen LogP contribution in [0.15, 0.2) is 24.3 Å². The van der Waals surface area contributed by atoms with Gasteiger partial charge in [0.15, 0.2) is 6.10 Å². The Morgan fingerprint density at radius 1 is 1.44 bits per heavy atom. The van der Waals surface area contributed by atoms with Crippen LogP contribution in [0.25, 0.3) is 0 Å². The summed E-state index contributed by atoms with van der Waals surface area (Å²) in [6, 6.07) is 7.14. The fourth-order valence-corrected chi connectivity index (χ4v) is 1.48. The van der Waals surface area contributed by atoms with Gasteiger partial charge >= 0.3 is 0 Å². The van der Waals surface area contributed by atoms with Gasteiger partial charge in [-0.2, -0.15) is 0 Å². The molecule has 0 aliphatic heterocycles. The zero-order chi connectivity index (χ0) is 12.0. The van der Waals surface area contributed by atoms with Gasteiger partial charge in [-0.05, 0) is 25.5 Å². The molecule has 1 amide bonds. The molecule has 0 heterocycles. The van der Waals surface area contributed by atoms with Crippen molar-refractivity contribution in [2.75, 3.05) is 6.54 Å². The third-order valence-electron chi connectivity index (χ3n) is 2.12. The van der Waals surface area contributed by atoms with E-state index in [4.69, 9.17) is 16.3 Å². The molecule has 0 aromatic heterocycles. The number of amides is 1. The number of likely N-dealkylation sites (N-methyl/N-ethyl adjacent to an activating group) is 1. The van der Waals surface area contributed by atoms with Crippen LogP contribution in [0.4, 0.5) is 0 Å². The van der Waals surface area contributed by atoms with E-state index in [-0.39, 0.29) is 5.91 Å². The van der Waals surface area contributed by atoms with E-state index in [2.05, 4.69) is 5.32 Å². The first-order chi connectivity index (χ1) is 7.69. The number of carbonyl (C=O) groups is 1. The van der Waals surface area contributed by atoms with Crippen molar-refractivity contribution in [3.8, 4) is 5.75 Å². The minimum atomic E-state index is -0.486. The molecular formula is C12H16ClNO2. The van der Waals surface area contributed by atoms with Crippen molar-refractivity contribution in [3.05, 3.63) is 29.3 Å². The highest BCUT2D eigenvalue weighted by Crippen LogP contribution is 2.24. The molecule has 1 aromatic rings. The Morgan fingerprint density at radius 3 is 2.69 bits per heavy atom. The number of rotatable bonds is 5. The van der Waals surface area contributed by atoms with Crippen molar-refractivity contribution < 1.29 is 9.53 Å². The topological polar surface area (TPSA) is 38.3 Å². The van der Waals surface area contributed by atoms with Gasteiger partial charge in [0.05, 0.1) is 5.02 Å². The van der Waals surface area contributed by atoms with Crippen LogP contribution in [0.2, 0.25) is 5.02 Å². The summed E-state index contributed by atoms with van der Waals surface area (Å²) in [4.78, 5) is 11.6. The third kappa shape index (κ3) is 3.42. The van der Waals surface area contributed by atoms with Crippen LogP contribution in [0, 0.1) is 0 Å². The lowest BCUT2D eigenvalue weighted by Crippen LogP contribution is -2.37. The lowest BCUT2D eigenvalue weighted by atomic mass is 10.2. The standard InChI is InChI=1S/C12H16ClNO2/c1-3-10(12(15)14-4-2)16-11-8-6-5-7-9(11)13/h5-8,10H,3-4H2,1-2H3,(H,14,15). The molecule has 0 fully saturated rings. The number of hydrogen-bond acceptors (Lipinski definition) is 2. The van der Waals surface area contributed by atoms with E-state index in [1.807, 2.05) is 26.0 Å². The molecule has 0 aliphatic carbocycles. The van der Waals surface area contributed by atoms with Crippen LogP contribution in [-0.4, -0.2) is 18.6 Å². The molecule has 0 aliphatic rings. The molecule has 1 unspecified atom stereocenters. The summed E-state index contributed by atoms with van der Waals surface area (Å²) < 4.78 is 5.56. The van der Waals surface area contributed by atoms with Gasteiger partial charge in [-0.1, -0.05) is 30.7 Å². The average molecular weight is 242 g/mol. The fourth-order valence-electron chi connectivity index (χ4n) is 1.30. The predicted molar refractivity (Wildman–Crippen MR) is 64.8 cm³/mol. The molecule has 0 radical (unpaired) electrons. The lowest BCUT2D eigenvalue weighted by molar-refractivity contribution is -0.128. The second-order valence-electron chi connectivity index (χ2n) is 3.34. The molecule has 1 rings (SSSR count). The summed E-state index contributed by atoms with van der Waals surface area (Å²) in [7, 11) is 0. The molecule has 0 spiro atoms. The summed E-state index contributed by atoms with van der Waals surface area (Å²) in [5.41, 5.74) is 0. The zero-order valence-electron chi connectivity index (χ0n) is 9.50. The second-order valence-corrected chi connectivity index (χ2v) is 3.75. The first-order valence-electron chi connectivity index (χ1n) is 5.37. The van der Waals surface area contributed by atoms with Crippen molar-refractivity contribution in [2.45, 2.75) is 26.4 Å². The van der Waals surface area contributed by atoms with Gasteiger partial charge in [0.2, 0.25) is 0 Å². The predicted octanol–water partition coefficient (Wildman–Crippen LogP) is 2.63. The maximum atomic E-state index is 11.6. The summed E-state index contributed by atoms with van der Waals surface area (Å²) in [6.07, 6.45) is 0.122. The monoisotopic (exact) mass is 241 g/mol. The SMILES string of the molecule is CCNC(=O)C(CC)Oc1ccccc1Cl. The Bertz CT molecular complexity index is 355. The highest BCUT2D eigenvalue weighted by atomic mass is 35.5. The number of para-hydroxylation sites is 1. The fraction of sp³-hybridized carbons (Fsp3) is 0.417. The van der Waals surface area contributed by atoms with E-state index >= 15 is 0 Å². The van der Waals surface area contributed by atoms with Crippen molar-refractivity contribution in [3.63, 3.8) is 0 Å². The molecule has 4 heteroatoms. The highest BCUT2D eigenvalue weighted by Gasteiger charge is 2.18. The smallest absolute Gasteiger partial charge is 0.261 e. The van der Waals surface area contributed by atoms with Gasteiger partial charge in [-0.15, -0.1) is 0 Å². The largest absolute Gasteiger partial charge is 0.479 e. The van der Waals surface area contributed by atoms with Crippen LogP contribution < -0.4 is 10.1 Å². The van der Waals surface area contributed by atoms with E-state index in [9.17, 15) is 4.79 Å². The Kier molecular flexibility index (Phi) is 5.12. The minimum absolute atomic E-state index is 0.107. The molecular weight excluding hydrogens is 226 g/mol. The Labute approximate surface area is 101 Å². The van der Waals surface area contributed by atoms with Crippen molar-refractivity contribution in [1.29, 1.82) is 0 Å². The molecule has 1 N–H and O–H groups in total. The Balaban J connectivity index is 2.70. The summed E-state index contributed by atoms with van der Waals surface area (Å²) in [5, 5.41) is 3.25. The number of benzene rings is 1. The van der Waals surface area contributed by atoms with Gasteiger partial charge in [0, 0.05) is 6.54 Å². The molecule has 88 valence electrons. The number of hydrogen-bond donors (Lipinski definition) is 1. The maximum Gasteiger partial charge on any atom is 0.261 e. The van der Waals surface area contributed by atoms with Gasteiger partial charge in [0.25, 0.3) is 5.91 Å². The van der Waals surface area contributed by atoms with Gasteiger partial charge in [-0.25, -0.2) is 0 Å². The number of nitrogens with one attached hydrogen (secondary N) is 1. The molecule has 16 heavy (non-hydrogen) atoms. The van der Waals surface area contributed by atoms with Crippen LogP contribution in [-0.2, 0) is 4.79 Å². The summed E-state index contributed by atoms with van der Waals surface area (Å²) in [5.74, 6) is 0.437. The highest BCUT2D eigenvalue weighted by molar-refractivity contribution is 6.32. The van der Waals surface area contributed by atoms with Crippen LogP contribution in [0.1, 0.15) is 20.3 Å². The van der Waals surface area contributed by atoms with Gasteiger partial charge in [-0.3, -0.25) is 4.79 Å². The van der Waals surface area contributed by atoms with Crippen LogP contribution in [0.5, 0.6) is 5.75 Å². The molecule has 3 nitrogen and oxygen atoms in total. The molecule has 1 aromatic carbocycles. The maximum absolute atomic E-state index is 11.6. The second kappa shape index (κ2) is 6.38. The quantitative estimate of drug-likeness (QED) is 0.861. The van der Waals surface area contributed by atoms with Crippen LogP contribution >= 0.6 is 11.6 Å². The first-order valence-corrected chi connectivity index (χ1v) is 5.75. The minimum Gasteiger partial charge on any atom is -0.479 e. The first kappa shape index (κ1) is 12.8. The average Bonchev–Trinajstić information content (AvgIpc) is 2.28. The van der Waals surface area contributed by atoms with E-state index < -0.39 is 6.10 Å². The summed E-state index contributed by atoms with van der Waals surface area (Å²) >= 11 is 5.95. The number of carbonyl (C=O) groups excluding carboxylic acids is 1. The summed E-state index contributed by atoms with van der Waals surface area (Å²) in [6.45, 7) is 4.37. The third-order valence-corrected chi connectivity index (χ3v) is 2.43. The zero-order valence-corrected chi connectivity index (χ0v) is 10.3. The molecule has 0 bridgehead atoms. The number of ether oxygens (including phenoxy) is 1. The molecule has 0 saturated carbocycles. The number of halogens is 1. The van der Waals surface area contributed by atoms with E-state index in [0.29, 0.717) is 23.7 Å². The van der Waals surface area contributed by atoms with Crippen LogP contribution in [0.3, 0.4) is 0 Å². The normalized spacial score (nSPS) is 11.9. The Hall–Kier alpha value is -1.22. The molecule has 1 atom stereocenters. The Morgan fingerprint density at radius 2 is 2.12 bits per heavy atom. The van der Waals surface area contributed by atoms with E-state index in [0.717, 1.165) is 0 Å². The van der Waals surface area contributed by atoms with Gasteiger partial charge < -0.3 is 10.1 Å². The van der Waals surface area contributed by atoms with Gasteiger partial charge in [0.1, 0.15) is 5.75 Å². The lowest BCUT2D eigenvalue weighted by Gasteiger charge is -2.17. The van der Waals surface area contributed by atoms with E-state index in [1.54, 1.807) is 12.1 Å². The van der Waals surface area contributed by atoms with Crippen molar-refractivity contribution in [2.24, 2.45) is 0 Å². The van der Waals surface area contributed by atoms with E-state index in [1.165, 1.54) is 0 Å². The molecule has 0 saturated heterocycles. The van der Waals surface area contributed by atoms with Crippen molar-refractivity contribution >= 4 is 17.5 Å².